The molecule has 110 valence electrons. The highest BCUT2D eigenvalue weighted by Crippen LogP contribution is 2.19. The van der Waals surface area contributed by atoms with E-state index < -0.39 is 0 Å². The van der Waals surface area contributed by atoms with E-state index in [9.17, 15) is 4.39 Å². The number of aromatic nitrogens is 5. The molecule has 3 heterocycles. The van der Waals surface area contributed by atoms with Gasteiger partial charge >= 0.3 is 0 Å². The SMILES string of the molecule is Fc1cccc2[nH]c(CCc3nc(-c4nccs4)no3)nc12. The molecule has 0 radical (unpaired) electrons. The van der Waals surface area contributed by atoms with Crippen LogP contribution in [0, 0.1) is 5.82 Å². The molecule has 0 fully saturated rings. The Hall–Kier alpha value is -2.61. The molecule has 0 aliphatic carbocycles. The van der Waals surface area contributed by atoms with Crippen molar-refractivity contribution in [2.75, 3.05) is 0 Å². The van der Waals surface area contributed by atoms with Gasteiger partial charge in [0, 0.05) is 24.4 Å². The number of imidazole rings is 1. The number of rotatable bonds is 4. The molecule has 3 aromatic heterocycles. The fraction of sp³-hybridized carbons (Fsp3) is 0.143. The van der Waals surface area contributed by atoms with Crippen molar-refractivity contribution in [2.45, 2.75) is 12.8 Å². The summed E-state index contributed by atoms with van der Waals surface area (Å²) in [6, 6.07) is 4.84. The predicted molar refractivity (Wildman–Crippen MR) is 78.9 cm³/mol. The van der Waals surface area contributed by atoms with Gasteiger partial charge in [-0.05, 0) is 12.1 Å². The Labute approximate surface area is 128 Å². The Morgan fingerprint density at radius 1 is 1.23 bits per heavy atom. The zero-order valence-electron chi connectivity index (χ0n) is 11.3. The molecule has 0 atom stereocenters. The van der Waals surface area contributed by atoms with E-state index in [0.717, 1.165) is 5.01 Å². The smallest absolute Gasteiger partial charge is 0.231 e. The van der Waals surface area contributed by atoms with Crippen molar-refractivity contribution in [1.29, 1.82) is 0 Å². The third kappa shape index (κ3) is 2.37. The number of nitrogens with zero attached hydrogens (tertiary/aromatic N) is 4. The summed E-state index contributed by atoms with van der Waals surface area (Å²) in [5.41, 5.74) is 1.04. The molecule has 0 saturated heterocycles. The number of fused-ring (bicyclic) bond motifs is 1. The van der Waals surface area contributed by atoms with Crippen LogP contribution in [-0.4, -0.2) is 25.1 Å². The van der Waals surface area contributed by atoms with Crippen LogP contribution < -0.4 is 0 Å². The van der Waals surface area contributed by atoms with Crippen LogP contribution in [0.5, 0.6) is 0 Å². The van der Waals surface area contributed by atoms with E-state index in [1.165, 1.54) is 17.4 Å². The number of aromatic amines is 1. The molecule has 0 unspecified atom stereocenters. The van der Waals surface area contributed by atoms with Crippen molar-refractivity contribution >= 4 is 22.4 Å². The Balaban J connectivity index is 1.51. The fourth-order valence-electron chi connectivity index (χ4n) is 2.17. The average Bonchev–Trinajstić information content (AvgIpc) is 3.25. The Morgan fingerprint density at radius 3 is 3.00 bits per heavy atom. The standard InChI is InChI=1S/C14H10FN5OS/c15-8-2-1-3-9-12(8)18-10(17-9)4-5-11-19-13(20-21-11)14-16-6-7-22-14/h1-3,6-7H,4-5H2,(H,17,18). The Kier molecular flexibility index (Phi) is 3.15. The Morgan fingerprint density at radius 2 is 2.18 bits per heavy atom. The summed E-state index contributed by atoms with van der Waals surface area (Å²) in [5, 5.41) is 6.48. The maximum absolute atomic E-state index is 13.6. The molecule has 0 bridgehead atoms. The van der Waals surface area contributed by atoms with Crippen LogP contribution in [0.4, 0.5) is 4.39 Å². The van der Waals surface area contributed by atoms with Crippen LogP contribution in [0.15, 0.2) is 34.3 Å². The number of halogens is 1. The molecule has 1 N–H and O–H groups in total. The first-order chi connectivity index (χ1) is 10.8. The highest BCUT2D eigenvalue weighted by Gasteiger charge is 2.12. The van der Waals surface area contributed by atoms with E-state index in [0.29, 0.717) is 41.4 Å². The van der Waals surface area contributed by atoms with E-state index in [-0.39, 0.29) is 5.82 Å². The van der Waals surface area contributed by atoms with Crippen LogP contribution in [0.2, 0.25) is 0 Å². The van der Waals surface area contributed by atoms with Gasteiger partial charge in [-0.3, -0.25) is 0 Å². The summed E-state index contributed by atoms with van der Waals surface area (Å²) in [6.07, 6.45) is 2.78. The van der Waals surface area contributed by atoms with Crippen LogP contribution in [-0.2, 0) is 12.8 Å². The van der Waals surface area contributed by atoms with Gasteiger partial charge in [0.2, 0.25) is 11.7 Å². The number of aryl methyl sites for hydroxylation is 2. The summed E-state index contributed by atoms with van der Waals surface area (Å²) in [6.45, 7) is 0. The van der Waals surface area contributed by atoms with Crippen molar-refractivity contribution in [3.05, 3.63) is 47.3 Å². The van der Waals surface area contributed by atoms with Gasteiger partial charge in [0.05, 0.1) is 5.52 Å². The number of hydrogen-bond donors (Lipinski definition) is 1. The number of benzene rings is 1. The molecule has 6 nitrogen and oxygen atoms in total. The zero-order valence-corrected chi connectivity index (χ0v) is 12.1. The minimum Gasteiger partial charge on any atom is -0.342 e. The van der Waals surface area contributed by atoms with Crippen molar-refractivity contribution in [3.8, 4) is 10.8 Å². The van der Waals surface area contributed by atoms with Crippen LogP contribution in [0.3, 0.4) is 0 Å². The lowest BCUT2D eigenvalue weighted by Gasteiger charge is -1.91. The predicted octanol–water partition coefficient (Wildman–Crippen LogP) is 2.99. The zero-order chi connectivity index (χ0) is 14.9. The maximum Gasteiger partial charge on any atom is 0.231 e. The van der Waals surface area contributed by atoms with Crippen molar-refractivity contribution in [3.63, 3.8) is 0 Å². The first-order valence-electron chi connectivity index (χ1n) is 6.65. The molecule has 4 rings (SSSR count). The fourth-order valence-corrected chi connectivity index (χ4v) is 2.73. The van der Waals surface area contributed by atoms with Crippen molar-refractivity contribution in [2.24, 2.45) is 0 Å². The molecule has 0 saturated carbocycles. The third-order valence-corrected chi connectivity index (χ3v) is 3.95. The molecular weight excluding hydrogens is 305 g/mol. The summed E-state index contributed by atoms with van der Waals surface area (Å²) >= 11 is 1.45. The second-order valence-electron chi connectivity index (χ2n) is 4.67. The Bertz CT molecular complexity index is 915. The lowest BCUT2D eigenvalue weighted by atomic mass is 10.3. The van der Waals surface area contributed by atoms with Gasteiger partial charge < -0.3 is 9.51 Å². The van der Waals surface area contributed by atoms with Gasteiger partial charge in [-0.2, -0.15) is 4.98 Å². The van der Waals surface area contributed by atoms with E-state index in [1.807, 2.05) is 5.38 Å². The number of nitrogens with one attached hydrogen (secondary N) is 1. The second kappa shape index (κ2) is 5.30. The monoisotopic (exact) mass is 315 g/mol. The molecule has 1 aromatic carbocycles. The van der Waals surface area contributed by atoms with Gasteiger partial charge in [0.15, 0.2) is 10.8 Å². The summed E-state index contributed by atoms with van der Waals surface area (Å²) in [4.78, 5) is 15.8. The lowest BCUT2D eigenvalue weighted by molar-refractivity contribution is 0.378. The quantitative estimate of drug-likeness (QED) is 0.626. The number of para-hydroxylation sites is 1. The van der Waals surface area contributed by atoms with Crippen LogP contribution in [0.25, 0.3) is 21.9 Å². The largest absolute Gasteiger partial charge is 0.342 e. The highest BCUT2D eigenvalue weighted by atomic mass is 32.1. The van der Waals surface area contributed by atoms with Gasteiger partial charge in [-0.25, -0.2) is 14.4 Å². The summed E-state index contributed by atoms with van der Waals surface area (Å²) in [5.74, 6) is 1.35. The van der Waals surface area contributed by atoms with E-state index in [2.05, 4.69) is 25.1 Å². The first-order valence-corrected chi connectivity index (χ1v) is 7.53. The minimum atomic E-state index is -0.330. The number of hydrogen-bond acceptors (Lipinski definition) is 6. The van der Waals surface area contributed by atoms with Crippen molar-refractivity contribution < 1.29 is 8.91 Å². The lowest BCUT2D eigenvalue weighted by Crippen LogP contribution is -1.93. The van der Waals surface area contributed by atoms with E-state index in [4.69, 9.17) is 4.52 Å². The minimum absolute atomic E-state index is 0.330. The van der Waals surface area contributed by atoms with Crippen molar-refractivity contribution in [1.82, 2.24) is 25.1 Å². The van der Waals surface area contributed by atoms with E-state index in [1.54, 1.807) is 18.3 Å². The van der Waals surface area contributed by atoms with Gasteiger partial charge in [-0.1, -0.05) is 11.2 Å². The van der Waals surface area contributed by atoms with Crippen LogP contribution >= 0.6 is 11.3 Å². The second-order valence-corrected chi connectivity index (χ2v) is 5.56. The molecule has 0 amide bonds. The third-order valence-electron chi connectivity index (χ3n) is 3.18. The van der Waals surface area contributed by atoms with E-state index >= 15 is 0 Å². The molecule has 0 aliphatic heterocycles. The molecule has 4 aromatic rings. The van der Waals surface area contributed by atoms with Gasteiger partial charge in [0.25, 0.3) is 0 Å². The van der Waals surface area contributed by atoms with Gasteiger partial charge in [0.1, 0.15) is 11.3 Å². The normalized spacial score (nSPS) is 11.3. The molecule has 8 heteroatoms. The molecular formula is C14H10FN5OS. The highest BCUT2D eigenvalue weighted by molar-refractivity contribution is 7.12. The maximum atomic E-state index is 13.6. The van der Waals surface area contributed by atoms with Gasteiger partial charge in [-0.15, -0.1) is 11.3 Å². The molecule has 0 aliphatic rings. The topological polar surface area (TPSA) is 80.5 Å². The number of H-pyrrole nitrogens is 1. The van der Waals surface area contributed by atoms with Crippen LogP contribution in [0.1, 0.15) is 11.7 Å². The summed E-state index contributed by atoms with van der Waals surface area (Å²) < 4.78 is 18.8. The molecule has 0 spiro atoms. The first kappa shape index (κ1) is 13.1. The molecule has 22 heavy (non-hydrogen) atoms. The average molecular weight is 315 g/mol. The summed E-state index contributed by atoms with van der Waals surface area (Å²) in [7, 11) is 0. The number of thiazole rings is 1.